The molecule has 0 atom stereocenters. The molecule has 0 unspecified atom stereocenters. The van der Waals surface area contributed by atoms with E-state index < -0.39 is 0 Å². The van der Waals surface area contributed by atoms with Crippen LogP contribution >= 0.6 is 45.1 Å². The van der Waals surface area contributed by atoms with E-state index in [0.29, 0.717) is 14.4 Å². The van der Waals surface area contributed by atoms with Gasteiger partial charge in [-0.1, -0.05) is 45.1 Å². The van der Waals surface area contributed by atoms with Crippen LogP contribution in [0.4, 0.5) is 5.00 Å². The Labute approximate surface area is 93.0 Å². The lowest BCUT2D eigenvalue weighted by Gasteiger charge is -1.99. The van der Waals surface area contributed by atoms with E-state index in [1.807, 2.05) is 0 Å². The molecule has 1 amide bonds. The minimum Gasteiger partial charge on any atom is -0.389 e. The van der Waals surface area contributed by atoms with Gasteiger partial charge in [0.05, 0.1) is 5.56 Å². The Morgan fingerprint density at radius 2 is 2.15 bits per heavy atom. The quantitative estimate of drug-likeness (QED) is 0.623. The fraction of sp³-hybridized carbons (Fsp3) is 0.167. The normalized spacial score (nSPS) is 9.62. The molecule has 0 bridgehead atoms. The summed E-state index contributed by atoms with van der Waals surface area (Å²) in [4.78, 5) is 11.0. The minimum atomic E-state index is -0.151. The zero-order valence-electron chi connectivity index (χ0n) is 6.62. The topological polar surface area (TPSA) is 55.1 Å². The fourth-order valence-corrected chi connectivity index (χ4v) is 3.79. The van der Waals surface area contributed by atoms with Crippen LogP contribution in [0, 0.1) is 3.82 Å². The van der Waals surface area contributed by atoms with Gasteiger partial charge >= 0.3 is 0 Å². The fourth-order valence-electron chi connectivity index (χ4n) is 0.711. The SMILES string of the molecule is CC(=O)Nc1ssc(=S)c1C(N)=S. The van der Waals surface area contributed by atoms with Crippen molar-refractivity contribution in [1.82, 2.24) is 0 Å². The molecule has 1 aromatic heterocycles. The van der Waals surface area contributed by atoms with Crippen LogP contribution in [0.2, 0.25) is 0 Å². The summed E-state index contributed by atoms with van der Waals surface area (Å²) in [6.07, 6.45) is 0. The molecule has 3 N–H and O–H groups in total. The van der Waals surface area contributed by atoms with Crippen LogP contribution in [0.3, 0.4) is 0 Å². The Morgan fingerprint density at radius 1 is 1.54 bits per heavy atom. The summed E-state index contributed by atoms with van der Waals surface area (Å²) in [5.74, 6) is -0.151. The van der Waals surface area contributed by atoms with E-state index in [0.717, 1.165) is 0 Å². The zero-order chi connectivity index (χ0) is 10.0. The average Bonchev–Trinajstić information content (AvgIpc) is 2.30. The average molecular weight is 250 g/mol. The van der Waals surface area contributed by atoms with E-state index in [1.165, 1.54) is 27.6 Å². The van der Waals surface area contributed by atoms with Gasteiger partial charge in [0.25, 0.3) is 0 Å². The Kier molecular flexibility index (Phi) is 3.48. The summed E-state index contributed by atoms with van der Waals surface area (Å²) in [5.41, 5.74) is 6.07. The van der Waals surface area contributed by atoms with E-state index in [2.05, 4.69) is 5.32 Å². The van der Waals surface area contributed by atoms with Gasteiger partial charge < -0.3 is 11.1 Å². The van der Waals surface area contributed by atoms with Crippen molar-refractivity contribution < 1.29 is 4.79 Å². The van der Waals surface area contributed by atoms with Crippen LogP contribution in [0.25, 0.3) is 0 Å². The maximum absolute atomic E-state index is 10.8. The van der Waals surface area contributed by atoms with Crippen molar-refractivity contribution in [2.75, 3.05) is 5.32 Å². The first kappa shape index (κ1) is 10.7. The number of rotatable bonds is 2. The zero-order valence-corrected chi connectivity index (χ0v) is 9.88. The van der Waals surface area contributed by atoms with E-state index >= 15 is 0 Å². The molecule has 0 aromatic carbocycles. The van der Waals surface area contributed by atoms with Crippen molar-refractivity contribution in [1.29, 1.82) is 0 Å². The molecule has 1 aromatic rings. The van der Waals surface area contributed by atoms with Crippen LogP contribution < -0.4 is 11.1 Å². The van der Waals surface area contributed by atoms with Gasteiger partial charge in [0.15, 0.2) is 0 Å². The number of thiocarbonyl (C=S) groups is 1. The first-order valence-corrected chi connectivity index (χ1v) is 6.19. The van der Waals surface area contributed by atoms with Crippen LogP contribution in [0.15, 0.2) is 0 Å². The van der Waals surface area contributed by atoms with Crippen LogP contribution in [-0.2, 0) is 4.79 Å². The van der Waals surface area contributed by atoms with Crippen LogP contribution in [0.5, 0.6) is 0 Å². The molecule has 0 radical (unpaired) electrons. The summed E-state index contributed by atoms with van der Waals surface area (Å²) in [5, 5.41) is 3.28. The largest absolute Gasteiger partial charge is 0.389 e. The highest BCUT2D eigenvalue weighted by atomic mass is 32.9. The summed E-state index contributed by atoms with van der Waals surface area (Å²) in [6.45, 7) is 1.43. The van der Waals surface area contributed by atoms with Gasteiger partial charge in [-0.2, -0.15) is 0 Å². The maximum atomic E-state index is 10.8. The number of amides is 1. The van der Waals surface area contributed by atoms with Crippen molar-refractivity contribution in [3.63, 3.8) is 0 Å². The van der Waals surface area contributed by atoms with Gasteiger partial charge in [0.1, 0.15) is 13.8 Å². The second-order valence-electron chi connectivity index (χ2n) is 2.20. The van der Waals surface area contributed by atoms with Gasteiger partial charge in [-0.3, -0.25) is 4.79 Å². The Balaban J connectivity index is 3.15. The van der Waals surface area contributed by atoms with Gasteiger partial charge in [0.2, 0.25) is 5.91 Å². The highest BCUT2D eigenvalue weighted by Crippen LogP contribution is 2.29. The number of carbonyl (C=O) groups excluding carboxylic acids is 1. The van der Waals surface area contributed by atoms with E-state index in [9.17, 15) is 4.79 Å². The van der Waals surface area contributed by atoms with Crippen molar-refractivity contribution in [2.45, 2.75) is 6.92 Å². The number of anilines is 1. The molecule has 70 valence electrons. The molecule has 0 aliphatic rings. The third-order valence-electron chi connectivity index (χ3n) is 1.17. The molecular formula is C6H6N2OS4. The van der Waals surface area contributed by atoms with E-state index in [-0.39, 0.29) is 10.9 Å². The monoisotopic (exact) mass is 250 g/mol. The highest BCUT2D eigenvalue weighted by molar-refractivity contribution is 7.82. The molecule has 0 saturated heterocycles. The van der Waals surface area contributed by atoms with Crippen molar-refractivity contribution in [3.05, 3.63) is 9.39 Å². The summed E-state index contributed by atoms with van der Waals surface area (Å²) >= 11 is 9.83. The van der Waals surface area contributed by atoms with E-state index in [1.54, 1.807) is 0 Å². The number of nitrogens with one attached hydrogen (secondary N) is 1. The first-order valence-electron chi connectivity index (χ1n) is 3.23. The molecule has 1 heterocycles. The second kappa shape index (κ2) is 4.23. The van der Waals surface area contributed by atoms with Crippen molar-refractivity contribution in [2.24, 2.45) is 5.73 Å². The van der Waals surface area contributed by atoms with Gasteiger partial charge in [-0.15, -0.1) is 0 Å². The van der Waals surface area contributed by atoms with Gasteiger partial charge in [-0.25, -0.2) is 0 Å². The molecule has 0 aliphatic heterocycles. The Morgan fingerprint density at radius 3 is 2.62 bits per heavy atom. The summed E-state index contributed by atoms with van der Waals surface area (Å²) in [7, 11) is 2.75. The molecule has 0 spiro atoms. The molecule has 7 heteroatoms. The Bertz CT molecular complexity index is 405. The lowest BCUT2D eigenvalue weighted by molar-refractivity contribution is -0.114. The molecule has 0 saturated carbocycles. The van der Waals surface area contributed by atoms with Crippen molar-refractivity contribution in [3.8, 4) is 0 Å². The molecule has 3 nitrogen and oxygen atoms in total. The van der Waals surface area contributed by atoms with Gasteiger partial charge in [-0.05, 0) is 0 Å². The summed E-state index contributed by atoms with van der Waals surface area (Å²) < 4.78 is 0.626. The first-order chi connectivity index (χ1) is 6.02. The van der Waals surface area contributed by atoms with Crippen LogP contribution in [-0.4, -0.2) is 10.9 Å². The highest BCUT2D eigenvalue weighted by Gasteiger charge is 2.11. The third-order valence-corrected chi connectivity index (χ3v) is 4.30. The number of hydrogen-bond acceptors (Lipinski definition) is 5. The van der Waals surface area contributed by atoms with E-state index in [4.69, 9.17) is 30.2 Å². The van der Waals surface area contributed by atoms with Gasteiger partial charge in [0, 0.05) is 6.92 Å². The Hall–Kier alpha value is -0.370. The minimum absolute atomic E-state index is 0.151. The lowest BCUT2D eigenvalue weighted by atomic mass is 10.3. The molecule has 13 heavy (non-hydrogen) atoms. The third kappa shape index (κ3) is 2.53. The van der Waals surface area contributed by atoms with Crippen molar-refractivity contribution >= 4 is 61.0 Å². The smallest absolute Gasteiger partial charge is 0.221 e. The standard InChI is InChI=1S/C6H6N2OS4/c1-2(9)8-5-3(4(7)10)6(11)13-12-5/h1H3,(H2,7,10)(H,8,9). The second-order valence-corrected chi connectivity index (χ2v) is 5.46. The predicted molar refractivity (Wildman–Crippen MR) is 63.2 cm³/mol. The molecule has 0 fully saturated rings. The number of carbonyl (C=O) groups is 1. The molecule has 0 aliphatic carbocycles. The maximum Gasteiger partial charge on any atom is 0.221 e. The van der Waals surface area contributed by atoms with Crippen LogP contribution in [0.1, 0.15) is 12.5 Å². The lowest BCUT2D eigenvalue weighted by Crippen LogP contribution is -2.13. The molecule has 1 rings (SSSR count). The summed E-state index contributed by atoms with van der Waals surface area (Å²) in [6, 6.07) is 0. The predicted octanol–water partition coefficient (Wildman–Crippen LogP) is 2.13. The molecular weight excluding hydrogens is 244 g/mol. The number of hydrogen-bond donors (Lipinski definition) is 2. The number of nitrogens with two attached hydrogens (primary N) is 1.